The number of hydrogen-bond acceptors (Lipinski definition) is 1. The molecule has 0 saturated carbocycles. The molecular formula is C19H21NO2. The molecular weight excluding hydrogens is 274 g/mol. The molecule has 22 heavy (non-hydrogen) atoms. The number of para-hydroxylation sites is 1. The van der Waals surface area contributed by atoms with Gasteiger partial charge in [-0.25, -0.2) is 0 Å². The smallest absolute Gasteiger partial charge is 0.303 e. The lowest BCUT2D eigenvalue weighted by molar-refractivity contribution is -0.137. The van der Waals surface area contributed by atoms with Crippen LogP contribution in [-0.4, -0.2) is 15.6 Å². The molecule has 0 unspecified atom stereocenters. The molecule has 3 nitrogen and oxygen atoms in total. The summed E-state index contributed by atoms with van der Waals surface area (Å²) in [4.78, 5) is 10.7. The molecule has 114 valence electrons. The van der Waals surface area contributed by atoms with Crippen molar-refractivity contribution < 1.29 is 9.90 Å². The number of carboxylic acid groups (broad SMARTS) is 1. The first kappa shape index (κ1) is 14.6. The molecule has 0 aliphatic carbocycles. The van der Waals surface area contributed by atoms with E-state index >= 15 is 0 Å². The van der Waals surface area contributed by atoms with Crippen LogP contribution < -0.4 is 0 Å². The monoisotopic (exact) mass is 295 g/mol. The minimum atomic E-state index is -0.725. The molecule has 0 radical (unpaired) electrons. The number of hydrogen-bond donors (Lipinski definition) is 1. The van der Waals surface area contributed by atoms with Gasteiger partial charge in [0.2, 0.25) is 0 Å². The topological polar surface area (TPSA) is 42.2 Å². The normalized spacial score (nSPS) is 11.6. The summed E-state index contributed by atoms with van der Waals surface area (Å²) < 4.78 is 2.37. The number of benzene rings is 2. The highest BCUT2D eigenvalue weighted by atomic mass is 16.4. The number of carbonyl (C=O) groups is 1. The van der Waals surface area contributed by atoms with Gasteiger partial charge in [0.05, 0.1) is 0 Å². The van der Waals surface area contributed by atoms with Crippen molar-refractivity contribution in [2.24, 2.45) is 0 Å². The molecule has 3 aromatic rings. The summed E-state index contributed by atoms with van der Waals surface area (Å²) >= 11 is 0. The molecule has 0 spiro atoms. The highest BCUT2D eigenvalue weighted by Crippen LogP contribution is 2.32. The Bertz CT molecular complexity index is 830. The molecule has 0 bridgehead atoms. The first-order valence-electron chi connectivity index (χ1n) is 7.81. The lowest BCUT2D eigenvalue weighted by Crippen LogP contribution is -1.99. The Balaban J connectivity index is 2.08. The van der Waals surface area contributed by atoms with Crippen molar-refractivity contribution in [1.82, 2.24) is 4.57 Å². The fourth-order valence-corrected chi connectivity index (χ4v) is 3.21. The lowest BCUT2D eigenvalue weighted by Gasteiger charge is -2.11. The number of nitrogens with zero attached hydrogens (tertiary/aromatic N) is 1. The maximum Gasteiger partial charge on any atom is 0.303 e. The van der Waals surface area contributed by atoms with Crippen LogP contribution in [0.3, 0.4) is 0 Å². The van der Waals surface area contributed by atoms with E-state index in [1.807, 2.05) is 0 Å². The van der Waals surface area contributed by atoms with E-state index in [9.17, 15) is 4.79 Å². The van der Waals surface area contributed by atoms with Crippen LogP contribution in [0.15, 0.2) is 42.5 Å². The summed E-state index contributed by atoms with van der Waals surface area (Å²) in [6.07, 6.45) is 1.72. The van der Waals surface area contributed by atoms with Crippen LogP contribution in [0.4, 0.5) is 0 Å². The minimum Gasteiger partial charge on any atom is -0.481 e. The number of aromatic nitrogens is 1. The van der Waals surface area contributed by atoms with Crippen molar-refractivity contribution in [3.8, 4) is 0 Å². The molecule has 2 aromatic carbocycles. The average molecular weight is 295 g/mol. The number of carboxylic acids is 1. The van der Waals surface area contributed by atoms with Crippen LogP contribution in [-0.2, 0) is 11.2 Å². The van der Waals surface area contributed by atoms with Crippen LogP contribution in [0.25, 0.3) is 21.8 Å². The van der Waals surface area contributed by atoms with Gasteiger partial charge in [-0.3, -0.25) is 4.79 Å². The van der Waals surface area contributed by atoms with Gasteiger partial charge in [0.1, 0.15) is 0 Å². The van der Waals surface area contributed by atoms with Gasteiger partial charge in [-0.1, -0.05) is 24.3 Å². The summed E-state index contributed by atoms with van der Waals surface area (Å²) in [6.45, 7) is 4.40. The third kappa shape index (κ3) is 2.59. The van der Waals surface area contributed by atoms with Crippen molar-refractivity contribution >= 4 is 27.8 Å². The van der Waals surface area contributed by atoms with E-state index in [-0.39, 0.29) is 6.42 Å². The Hall–Kier alpha value is -2.29. The van der Waals surface area contributed by atoms with E-state index in [1.54, 1.807) is 0 Å². The van der Waals surface area contributed by atoms with Crippen LogP contribution in [0, 0.1) is 0 Å². The van der Waals surface area contributed by atoms with Crippen LogP contribution >= 0.6 is 0 Å². The molecule has 1 aromatic heterocycles. The fraction of sp³-hybridized carbons (Fsp3) is 0.316. The zero-order chi connectivity index (χ0) is 15.7. The molecule has 0 aliphatic rings. The SMILES string of the molecule is CC(C)n1c2ccccc2c2cc(CCCC(=O)O)ccc21. The Morgan fingerprint density at radius 3 is 2.55 bits per heavy atom. The largest absolute Gasteiger partial charge is 0.481 e. The average Bonchev–Trinajstić information content (AvgIpc) is 2.81. The molecule has 0 amide bonds. The Kier molecular flexibility index (Phi) is 3.88. The second-order valence-corrected chi connectivity index (χ2v) is 6.08. The molecule has 0 aliphatic heterocycles. The summed E-state index contributed by atoms with van der Waals surface area (Å²) in [5.74, 6) is -0.725. The quantitative estimate of drug-likeness (QED) is 0.736. The third-order valence-corrected chi connectivity index (χ3v) is 4.15. The van der Waals surface area contributed by atoms with Gasteiger partial charge in [-0.05, 0) is 50.5 Å². The maximum atomic E-state index is 10.7. The minimum absolute atomic E-state index is 0.228. The van der Waals surface area contributed by atoms with E-state index in [0.29, 0.717) is 12.5 Å². The molecule has 3 heteroatoms. The van der Waals surface area contributed by atoms with Crippen molar-refractivity contribution in [2.45, 2.75) is 39.2 Å². The highest BCUT2D eigenvalue weighted by molar-refractivity contribution is 6.08. The second kappa shape index (κ2) is 5.84. The van der Waals surface area contributed by atoms with E-state index in [0.717, 1.165) is 6.42 Å². The molecule has 3 rings (SSSR count). The van der Waals surface area contributed by atoms with Gasteiger partial charge in [0.15, 0.2) is 0 Å². The number of aryl methyl sites for hydroxylation is 1. The zero-order valence-electron chi connectivity index (χ0n) is 13.0. The molecule has 1 heterocycles. The van der Waals surface area contributed by atoms with Gasteiger partial charge in [0.25, 0.3) is 0 Å². The van der Waals surface area contributed by atoms with E-state index in [2.05, 4.69) is 60.9 Å². The number of fused-ring (bicyclic) bond motifs is 3. The standard InChI is InChI=1S/C19H21NO2/c1-13(2)20-17-8-4-3-7-15(17)16-12-14(10-11-18(16)20)6-5-9-19(21)22/h3-4,7-8,10-13H,5-6,9H2,1-2H3,(H,21,22). The molecule has 0 atom stereocenters. The van der Waals surface area contributed by atoms with Crippen molar-refractivity contribution in [3.05, 3.63) is 48.0 Å². The first-order valence-corrected chi connectivity index (χ1v) is 7.81. The van der Waals surface area contributed by atoms with Crippen molar-refractivity contribution in [2.75, 3.05) is 0 Å². The van der Waals surface area contributed by atoms with Gasteiger partial charge in [-0.2, -0.15) is 0 Å². The van der Waals surface area contributed by atoms with Crippen LogP contribution in [0.2, 0.25) is 0 Å². The Labute approximate surface area is 130 Å². The third-order valence-electron chi connectivity index (χ3n) is 4.15. The predicted molar refractivity (Wildman–Crippen MR) is 90.4 cm³/mol. The number of rotatable bonds is 5. The fourth-order valence-electron chi connectivity index (χ4n) is 3.21. The van der Waals surface area contributed by atoms with Crippen LogP contribution in [0.5, 0.6) is 0 Å². The van der Waals surface area contributed by atoms with Crippen molar-refractivity contribution in [3.63, 3.8) is 0 Å². The van der Waals surface area contributed by atoms with Crippen molar-refractivity contribution in [1.29, 1.82) is 0 Å². The summed E-state index contributed by atoms with van der Waals surface area (Å²) in [6, 6.07) is 15.4. The van der Waals surface area contributed by atoms with Gasteiger partial charge < -0.3 is 9.67 Å². The van der Waals surface area contributed by atoms with Crippen LogP contribution in [0.1, 0.15) is 38.3 Å². The van der Waals surface area contributed by atoms with E-state index < -0.39 is 5.97 Å². The molecule has 0 fully saturated rings. The maximum absolute atomic E-state index is 10.7. The number of aliphatic carboxylic acids is 1. The highest BCUT2D eigenvalue weighted by Gasteiger charge is 2.12. The lowest BCUT2D eigenvalue weighted by atomic mass is 10.0. The van der Waals surface area contributed by atoms with E-state index in [4.69, 9.17) is 5.11 Å². The van der Waals surface area contributed by atoms with Gasteiger partial charge in [0, 0.05) is 34.3 Å². The first-order chi connectivity index (χ1) is 10.6. The van der Waals surface area contributed by atoms with Gasteiger partial charge >= 0.3 is 5.97 Å². The second-order valence-electron chi connectivity index (χ2n) is 6.08. The zero-order valence-corrected chi connectivity index (χ0v) is 13.0. The van der Waals surface area contributed by atoms with Gasteiger partial charge in [-0.15, -0.1) is 0 Å². The predicted octanol–water partition coefficient (Wildman–Crippen LogP) is 4.78. The molecule has 0 saturated heterocycles. The summed E-state index contributed by atoms with van der Waals surface area (Å²) in [5, 5.41) is 11.3. The van der Waals surface area contributed by atoms with E-state index in [1.165, 1.54) is 27.4 Å². The Morgan fingerprint density at radius 1 is 1.09 bits per heavy atom. The summed E-state index contributed by atoms with van der Waals surface area (Å²) in [7, 11) is 0. The Morgan fingerprint density at radius 2 is 1.82 bits per heavy atom. The summed E-state index contributed by atoms with van der Waals surface area (Å²) in [5.41, 5.74) is 3.72. The molecule has 1 N–H and O–H groups in total.